The van der Waals surface area contributed by atoms with Crippen molar-refractivity contribution >= 4 is 16.9 Å². The number of rotatable bonds is 8. The van der Waals surface area contributed by atoms with Crippen LogP contribution in [0.15, 0.2) is 91.0 Å². The number of ether oxygens (including phenoxy) is 2. The highest BCUT2D eigenvalue weighted by atomic mass is 16.5. The van der Waals surface area contributed by atoms with Crippen LogP contribution in [0.5, 0.6) is 11.6 Å². The van der Waals surface area contributed by atoms with E-state index < -0.39 is 0 Å². The number of aromatic nitrogens is 3. The van der Waals surface area contributed by atoms with Gasteiger partial charge in [-0.05, 0) is 42.3 Å². The first-order valence-corrected chi connectivity index (χ1v) is 11.7. The molecule has 1 amide bonds. The molecule has 7 nitrogen and oxygen atoms in total. The average Bonchev–Trinajstić information content (AvgIpc) is 3.32. The summed E-state index contributed by atoms with van der Waals surface area (Å²) in [6.45, 7) is 2.24. The summed E-state index contributed by atoms with van der Waals surface area (Å²) in [5, 5.41) is 8.73. The molecule has 7 heteroatoms. The number of nitrogens with zero attached hydrogens (tertiary/aromatic N) is 3. The number of carbonyl (C=O) groups is 1. The number of methoxy groups -OCH3 is 1. The third-order valence-corrected chi connectivity index (χ3v) is 5.83. The third kappa shape index (κ3) is 4.90. The Labute approximate surface area is 209 Å². The van der Waals surface area contributed by atoms with Crippen LogP contribution >= 0.6 is 0 Å². The Balaban J connectivity index is 1.40. The Morgan fingerprint density at radius 1 is 0.944 bits per heavy atom. The van der Waals surface area contributed by atoms with Crippen molar-refractivity contribution in [3.05, 3.63) is 102 Å². The number of hydrogen-bond acceptors (Lipinski definition) is 5. The van der Waals surface area contributed by atoms with E-state index in [-0.39, 0.29) is 12.5 Å². The molecule has 2 aromatic heterocycles. The maximum atomic E-state index is 12.5. The summed E-state index contributed by atoms with van der Waals surface area (Å²) >= 11 is 0. The lowest BCUT2D eigenvalue weighted by molar-refractivity contribution is -0.123. The normalized spacial score (nSPS) is 10.8. The predicted molar refractivity (Wildman–Crippen MR) is 139 cm³/mol. The minimum atomic E-state index is -0.237. The van der Waals surface area contributed by atoms with Crippen LogP contribution in [-0.4, -0.2) is 34.4 Å². The second-order valence-corrected chi connectivity index (χ2v) is 8.35. The molecule has 0 aliphatic heterocycles. The van der Waals surface area contributed by atoms with Gasteiger partial charge in [0.25, 0.3) is 5.91 Å². The van der Waals surface area contributed by atoms with Gasteiger partial charge >= 0.3 is 0 Å². The van der Waals surface area contributed by atoms with E-state index in [1.807, 2.05) is 103 Å². The van der Waals surface area contributed by atoms with E-state index in [1.165, 1.54) is 0 Å². The minimum Gasteiger partial charge on any atom is -0.497 e. The van der Waals surface area contributed by atoms with Crippen molar-refractivity contribution in [2.75, 3.05) is 13.7 Å². The average molecular weight is 479 g/mol. The number of benzene rings is 3. The van der Waals surface area contributed by atoms with E-state index in [4.69, 9.17) is 19.6 Å². The monoisotopic (exact) mass is 478 g/mol. The highest BCUT2D eigenvalue weighted by Gasteiger charge is 2.19. The fourth-order valence-electron chi connectivity index (χ4n) is 4.06. The molecule has 1 N–H and O–H groups in total. The van der Waals surface area contributed by atoms with Crippen molar-refractivity contribution in [2.45, 2.75) is 13.5 Å². The van der Waals surface area contributed by atoms with Gasteiger partial charge < -0.3 is 14.8 Å². The Morgan fingerprint density at radius 3 is 2.44 bits per heavy atom. The highest BCUT2D eigenvalue weighted by Crippen LogP contribution is 2.33. The molecule has 0 fully saturated rings. The zero-order valence-electron chi connectivity index (χ0n) is 20.1. The number of nitrogens with one attached hydrogen (secondary N) is 1. The van der Waals surface area contributed by atoms with Crippen LogP contribution in [0.4, 0.5) is 0 Å². The summed E-state index contributed by atoms with van der Waals surface area (Å²) in [5.41, 5.74) is 5.33. The standard InChI is InChI=1S/C29H26N4O3/c1-20-16-26(36-19-25(34)30-18-21-10-9-15-24(17-21)35-2)31-29-27(20)28(22-11-5-3-6-12-22)32-33(29)23-13-7-4-8-14-23/h3-17H,18-19H2,1-2H3,(H,30,34). The largest absolute Gasteiger partial charge is 0.497 e. The topological polar surface area (TPSA) is 78.3 Å². The molecular formula is C29H26N4O3. The molecular weight excluding hydrogens is 452 g/mol. The van der Waals surface area contributed by atoms with Crippen LogP contribution in [0.3, 0.4) is 0 Å². The van der Waals surface area contributed by atoms with Crippen LogP contribution in [0.2, 0.25) is 0 Å². The van der Waals surface area contributed by atoms with Crippen molar-refractivity contribution in [1.29, 1.82) is 0 Å². The first-order valence-electron chi connectivity index (χ1n) is 11.7. The van der Waals surface area contributed by atoms with E-state index in [2.05, 4.69) is 5.32 Å². The SMILES string of the molecule is COc1cccc(CNC(=O)COc2cc(C)c3c(-c4ccccc4)nn(-c4ccccc4)c3n2)c1. The summed E-state index contributed by atoms with van der Waals surface area (Å²) in [7, 11) is 1.61. The lowest BCUT2D eigenvalue weighted by Gasteiger charge is -2.10. The van der Waals surface area contributed by atoms with Gasteiger partial charge in [-0.15, -0.1) is 0 Å². The summed E-state index contributed by atoms with van der Waals surface area (Å²) in [6, 6.07) is 29.3. The van der Waals surface area contributed by atoms with Crippen molar-refractivity contribution in [1.82, 2.24) is 20.1 Å². The van der Waals surface area contributed by atoms with E-state index in [9.17, 15) is 4.79 Å². The predicted octanol–water partition coefficient (Wildman–Crippen LogP) is 5.10. The third-order valence-electron chi connectivity index (χ3n) is 5.83. The number of hydrogen-bond donors (Lipinski definition) is 1. The van der Waals surface area contributed by atoms with E-state index in [0.717, 1.165) is 39.2 Å². The zero-order chi connectivity index (χ0) is 24.9. The Bertz CT molecular complexity index is 1500. The lowest BCUT2D eigenvalue weighted by Crippen LogP contribution is -2.28. The maximum Gasteiger partial charge on any atom is 0.258 e. The number of para-hydroxylation sites is 1. The van der Waals surface area contributed by atoms with Gasteiger partial charge in [-0.1, -0.05) is 60.7 Å². The molecule has 0 atom stereocenters. The molecule has 36 heavy (non-hydrogen) atoms. The molecule has 0 aliphatic carbocycles. The van der Waals surface area contributed by atoms with Crippen LogP contribution in [0.25, 0.3) is 28.0 Å². The van der Waals surface area contributed by atoms with Gasteiger partial charge in [0.1, 0.15) is 11.4 Å². The Hall–Kier alpha value is -4.65. The van der Waals surface area contributed by atoms with Crippen molar-refractivity contribution < 1.29 is 14.3 Å². The summed E-state index contributed by atoms with van der Waals surface area (Å²) in [4.78, 5) is 17.2. The van der Waals surface area contributed by atoms with Gasteiger partial charge in [-0.25, -0.2) is 4.68 Å². The summed E-state index contributed by atoms with van der Waals surface area (Å²) < 4.78 is 12.9. The van der Waals surface area contributed by atoms with Crippen LogP contribution in [0, 0.1) is 6.92 Å². The van der Waals surface area contributed by atoms with Crippen LogP contribution in [-0.2, 0) is 11.3 Å². The number of aryl methyl sites for hydroxylation is 1. The highest BCUT2D eigenvalue weighted by molar-refractivity contribution is 5.95. The van der Waals surface area contributed by atoms with Gasteiger partial charge in [-0.2, -0.15) is 10.1 Å². The Morgan fingerprint density at radius 2 is 1.69 bits per heavy atom. The Kier molecular flexibility index (Phi) is 6.62. The zero-order valence-corrected chi connectivity index (χ0v) is 20.1. The second kappa shape index (κ2) is 10.3. The molecule has 0 radical (unpaired) electrons. The summed E-state index contributed by atoms with van der Waals surface area (Å²) in [6.07, 6.45) is 0. The molecule has 0 aliphatic rings. The fourth-order valence-corrected chi connectivity index (χ4v) is 4.06. The van der Waals surface area contributed by atoms with E-state index in [0.29, 0.717) is 18.1 Å². The maximum absolute atomic E-state index is 12.5. The van der Waals surface area contributed by atoms with Crippen molar-refractivity contribution in [3.8, 4) is 28.6 Å². The lowest BCUT2D eigenvalue weighted by atomic mass is 10.1. The van der Waals surface area contributed by atoms with Crippen LogP contribution < -0.4 is 14.8 Å². The quantitative estimate of drug-likeness (QED) is 0.336. The van der Waals surface area contributed by atoms with Gasteiger partial charge in [0.05, 0.1) is 18.2 Å². The molecule has 3 aromatic carbocycles. The molecule has 5 rings (SSSR count). The van der Waals surface area contributed by atoms with Crippen molar-refractivity contribution in [3.63, 3.8) is 0 Å². The smallest absolute Gasteiger partial charge is 0.258 e. The van der Waals surface area contributed by atoms with Gasteiger partial charge in [-0.3, -0.25) is 4.79 Å². The first-order chi connectivity index (χ1) is 17.6. The molecule has 0 bridgehead atoms. The van der Waals surface area contributed by atoms with Crippen LogP contribution in [0.1, 0.15) is 11.1 Å². The number of amides is 1. The van der Waals surface area contributed by atoms with Gasteiger partial charge in [0.15, 0.2) is 12.3 Å². The van der Waals surface area contributed by atoms with E-state index in [1.54, 1.807) is 7.11 Å². The van der Waals surface area contributed by atoms with Crippen molar-refractivity contribution in [2.24, 2.45) is 0 Å². The molecule has 0 saturated carbocycles. The fraction of sp³-hybridized carbons (Fsp3) is 0.138. The van der Waals surface area contributed by atoms with E-state index >= 15 is 0 Å². The first kappa shape index (κ1) is 23.1. The molecule has 0 unspecified atom stereocenters. The molecule has 2 heterocycles. The minimum absolute atomic E-state index is 0.146. The molecule has 0 saturated heterocycles. The molecule has 0 spiro atoms. The second-order valence-electron chi connectivity index (χ2n) is 8.35. The number of carbonyl (C=O) groups excluding carboxylic acids is 1. The number of pyridine rings is 1. The summed E-state index contributed by atoms with van der Waals surface area (Å²) in [5.74, 6) is 0.878. The van der Waals surface area contributed by atoms with Gasteiger partial charge in [0, 0.05) is 18.2 Å². The molecule has 180 valence electrons. The molecule has 5 aromatic rings. The number of fused-ring (bicyclic) bond motifs is 1. The van der Waals surface area contributed by atoms with Gasteiger partial charge in [0.2, 0.25) is 5.88 Å².